The van der Waals surface area contributed by atoms with Crippen LogP contribution in [0.25, 0.3) is 0 Å². The van der Waals surface area contributed by atoms with Gasteiger partial charge in [-0.15, -0.1) is 0 Å². The van der Waals surface area contributed by atoms with E-state index in [4.69, 9.17) is 0 Å². The molecule has 0 spiro atoms. The largest absolute Gasteiger partial charge is 0.311 e. The van der Waals surface area contributed by atoms with Crippen LogP contribution in [0.3, 0.4) is 0 Å². The first-order valence-electron chi connectivity index (χ1n) is 6.47. The van der Waals surface area contributed by atoms with Gasteiger partial charge in [0.05, 0.1) is 5.69 Å². The number of hydrogen-bond donors (Lipinski definition) is 1. The second-order valence-electron chi connectivity index (χ2n) is 5.13. The van der Waals surface area contributed by atoms with Crippen molar-refractivity contribution in [3.05, 3.63) is 46.6 Å². The number of fused-ring (bicyclic) bond motifs is 1. The molecule has 0 saturated carbocycles. The third-order valence-electron chi connectivity index (χ3n) is 3.83. The molecule has 1 atom stereocenters. The highest BCUT2D eigenvalue weighted by molar-refractivity contribution is 5.94. The van der Waals surface area contributed by atoms with Crippen molar-refractivity contribution in [1.29, 1.82) is 0 Å². The molecule has 1 aromatic heterocycles. The van der Waals surface area contributed by atoms with Crippen molar-refractivity contribution in [1.82, 2.24) is 9.78 Å². The molecule has 0 bridgehead atoms. The van der Waals surface area contributed by atoms with E-state index in [1.165, 1.54) is 11.1 Å². The molecule has 2 aromatic rings. The summed E-state index contributed by atoms with van der Waals surface area (Å²) in [5, 5.41) is 7.36. The van der Waals surface area contributed by atoms with E-state index in [0.717, 1.165) is 17.1 Å². The second-order valence-corrected chi connectivity index (χ2v) is 5.13. The van der Waals surface area contributed by atoms with E-state index in [-0.39, 0.29) is 11.8 Å². The number of aryl methyl sites for hydroxylation is 3. The maximum Gasteiger partial charge on any atom is 0.226 e. The monoisotopic (exact) mass is 255 g/mol. The first-order chi connectivity index (χ1) is 9.08. The minimum Gasteiger partial charge on any atom is -0.311 e. The zero-order valence-electron chi connectivity index (χ0n) is 11.4. The van der Waals surface area contributed by atoms with Gasteiger partial charge in [0.2, 0.25) is 5.91 Å². The molecule has 2 heterocycles. The molecule has 3 rings (SSSR count). The molecule has 4 heteroatoms. The summed E-state index contributed by atoms with van der Waals surface area (Å²) >= 11 is 0. The Labute approximate surface area is 112 Å². The van der Waals surface area contributed by atoms with Gasteiger partial charge in [0.1, 0.15) is 5.82 Å². The number of carbonyl (C=O) groups excluding carboxylic acids is 1. The summed E-state index contributed by atoms with van der Waals surface area (Å²) in [5.74, 6) is 1.00. The second kappa shape index (κ2) is 4.23. The van der Waals surface area contributed by atoms with E-state index in [9.17, 15) is 4.79 Å². The maximum absolute atomic E-state index is 11.9. The highest BCUT2D eigenvalue weighted by Crippen LogP contribution is 2.39. The minimum atomic E-state index is 0.0590. The van der Waals surface area contributed by atoms with Crippen molar-refractivity contribution in [2.75, 3.05) is 5.32 Å². The topological polar surface area (TPSA) is 46.9 Å². The summed E-state index contributed by atoms with van der Waals surface area (Å²) in [7, 11) is 1.87. The van der Waals surface area contributed by atoms with Crippen LogP contribution in [0.5, 0.6) is 0 Å². The van der Waals surface area contributed by atoms with Gasteiger partial charge in [0, 0.05) is 24.9 Å². The first-order valence-corrected chi connectivity index (χ1v) is 6.47. The first kappa shape index (κ1) is 12.0. The Morgan fingerprint density at radius 3 is 2.79 bits per heavy atom. The van der Waals surface area contributed by atoms with Crippen molar-refractivity contribution in [2.45, 2.75) is 26.2 Å². The van der Waals surface area contributed by atoms with E-state index in [1.54, 1.807) is 4.68 Å². The molecule has 0 radical (unpaired) electrons. The van der Waals surface area contributed by atoms with Crippen LogP contribution in [0.2, 0.25) is 0 Å². The molecule has 98 valence electrons. The van der Waals surface area contributed by atoms with Gasteiger partial charge in [-0.05, 0) is 25.0 Å². The maximum atomic E-state index is 11.9. The number of hydrogen-bond acceptors (Lipinski definition) is 2. The van der Waals surface area contributed by atoms with Gasteiger partial charge in [-0.3, -0.25) is 9.48 Å². The highest BCUT2D eigenvalue weighted by Gasteiger charge is 2.31. The number of anilines is 1. The van der Waals surface area contributed by atoms with Crippen molar-refractivity contribution in [2.24, 2.45) is 7.05 Å². The Kier molecular flexibility index (Phi) is 2.66. The summed E-state index contributed by atoms with van der Waals surface area (Å²) in [6.45, 7) is 4.09. The van der Waals surface area contributed by atoms with Crippen molar-refractivity contribution in [3.8, 4) is 0 Å². The Bertz CT molecular complexity index is 657. The zero-order valence-corrected chi connectivity index (χ0v) is 11.4. The van der Waals surface area contributed by atoms with Gasteiger partial charge in [-0.2, -0.15) is 5.10 Å². The predicted molar refractivity (Wildman–Crippen MR) is 74.2 cm³/mol. The number of aromatic nitrogens is 2. The molecule has 0 fully saturated rings. The number of rotatable bonds is 1. The summed E-state index contributed by atoms with van der Waals surface area (Å²) in [6.07, 6.45) is 0.490. The normalized spacial score (nSPS) is 18.1. The van der Waals surface area contributed by atoms with E-state index in [0.29, 0.717) is 6.42 Å². The zero-order chi connectivity index (χ0) is 13.6. The summed E-state index contributed by atoms with van der Waals surface area (Å²) in [5.41, 5.74) is 4.58. The molecule has 0 saturated heterocycles. The Morgan fingerprint density at radius 1 is 1.32 bits per heavy atom. The number of carbonyl (C=O) groups is 1. The average Bonchev–Trinajstić information content (AvgIpc) is 2.65. The summed E-state index contributed by atoms with van der Waals surface area (Å²) < 4.78 is 1.76. The smallest absolute Gasteiger partial charge is 0.226 e. The van der Waals surface area contributed by atoms with E-state index in [2.05, 4.69) is 29.5 Å². The molecule has 1 aliphatic heterocycles. The molecule has 1 N–H and O–H groups in total. The standard InChI is InChI=1S/C15H17N3O/c1-9-6-4-5-7-11(9)12-8-13(19)16-15-14(12)10(2)17-18(15)3/h4-7,12H,8H2,1-3H3,(H,16,19)/t12-/m1/s1. The van der Waals surface area contributed by atoms with Crippen molar-refractivity contribution >= 4 is 11.7 Å². The van der Waals surface area contributed by atoms with Crippen molar-refractivity contribution < 1.29 is 4.79 Å². The number of amides is 1. The molecule has 1 amide bonds. The van der Waals surface area contributed by atoms with Crippen LogP contribution in [-0.4, -0.2) is 15.7 Å². The quantitative estimate of drug-likeness (QED) is 0.851. The molecular weight excluding hydrogens is 238 g/mol. The molecule has 4 nitrogen and oxygen atoms in total. The predicted octanol–water partition coefficient (Wildman–Crippen LogP) is 2.51. The van der Waals surface area contributed by atoms with E-state index >= 15 is 0 Å². The van der Waals surface area contributed by atoms with Gasteiger partial charge >= 0.3 is 0 Å². The van der Waals surface area contributed by atoms with Crippen LogP contribution in [0, 0.1) is 13.8 Å². The van der Waals surface area contributed by atoms with Gasteiger partial charge < -0.3 is 5.32 Å². The highest BCUT2D eigenvalue weighted by atomic mass is 16.1. The van der Waals surface area contributed by atoms with E-state index < -0.39 is 0 Å². The molecule has 0 unspecified atom stereocenters. The molecule has 0 aliphatic carbocycles. The Balaban J connectivity index is 2.19. The fraction of sp³-hybridized carbons (Fsp3) is 0.333. The van der Waals surface area contributed by atoms with Gasteiger partial charge in [0.25, 0.3) is 0 Å². The van der Waals surface area contributed by atoms with Crippen LogP contribution in [0.15, 0.2) is 24.3 Å². The minimum absolute atomic E-state index is 0.0590. The molecule has 1 aliphatic rings. The van der Waals surface area contributed by atoms with Crippen LogP contribution in [-0.2, 0) is 11.8 Å². The number of benzene rings is 1. The molecule has 1 aromatic carbocycles. The third-order valence-corrected chi connectivity index (χ3v) is 3.83. The van der Waals surface area contributed by atoms with Crippen LogP contribution < -0.4 is 5.32 Å². The molecule has 19 heavy (non-hydrogen) atoms. The lowest BCUT2D eigenvalue weighted by Gasteiger charge is -2.25. The fourth-order valence-electron chi connectivity index (χ4n) is 2.95. The van der Waals surface area contributed by atoms with Crippen LogP contribution in [0.4, 0.5) is 5.82 Å². The van der Waals surface area contributed by atoms with Gasteiger partial charge in [-0.1, -0.05) is 24.3 Å². The van der Waals surface area contributed by atoms with Crippen LogP contribution >= 0.6 is 0 Å². The van der Waals surface area contributed by atoms with E-state index in [1.807, 2.05) is 26.1 Å². The van der Waals surface area contributed by atoms with Gasteiger partial charge in [0.15, 0.2) is 0 Å². The lowest BCUT2D eigenvalue weighted by molar-refractivity contribution is -0.116. The number of nitrogens with zero attached hydrogens (tertiary/aromatic N) is 2. The number of nitrogens with one attached hydrogen (secondary N) is 1. The molecular formula is C15H17N3O. The lowest BCUT2D eigenvalue weighted by Crippen LogP contribution is -2.25. The fourth-order valence-corrected chi connectivity index (χ4v) is 2.95. The lowest BCUT2D eigenvalue weighted by atomic mass is 9.84. The summed E-state index contributed by atoms with van der Waals surface area (Å²) in [6, 6.07) is 8.25. The van der Waals surface area contributed by atoms with Gasteiger partial charge in [-0.25, -0.2) is 0 Å². The summed E-state index contributed by atoms with van der Waals surface area (Å²) in [4.78, 5) is 11.9. The Hall–Kier alpha value is -2.10. The van der Waals surface area contributed by atoms with Crippen molar-refractivity contribution in [3.63, 3.8) is 0 Å². The SMILES string of the molecule is Cc1ccccc1[C@H]1CC(=O)Nc2c1c(C)nn2C. The average molecular weight is 255 g/mol. The van der Waals surface area contributed by atoms with Crippen LogP contribution in [0.1, 0.15) is 34.7 Å². The Morgan fingerprint density at radius 2 is 2.05 bits per heavy atom. The third kappa shape index (κ3) is 1.84.